The van der Waals surface area contributed by atoms with Gasteiger partial charge in [0.15, 0.2) is 0 Å². The lowest BCUT2D eigenvalue weighted by molar-refractivity contribution is 0.0697. The normalized spacial score (nSPS) is 10.5. The number of carboxylic acids is 1. The van der Waals surface area contributed by atoms with Crippen LogP contribution in [0.25, 0.3) is 0 Å². The van der Waals surface area contributed by atoms with E-state index in [2.05, 4.69) is 5.10 Å². The fourth-order valence-electron chi connectivity index (χ4n) is 1.55. The van der Waals surface area contributed by atoms with E-state index in [9.17, 15) is 9.18 Å². The summed E-state index contributed by atoms with van der Waals surface area (Å²) in [5, 5.41) is 12.7. The van der Waals surface area contributed by atoms with Crippen molar-refractivity contribution in [1.29, 1.82) is 0 Å². The molecule has 2 rings (SSSR count). The minimum Gasteiger partial charge on any atom is -0.478 e. The van der Waals surface area contributed by atoms with Gasteiger partial charge in [0, 0.05) is 6.20 Å². The van der Waals surface area contributed by atoms with Crippen molar-refractivity contribution in [2.75, 3.05) is 0 Å². The van der Waals surface area contributed by atoms with Gasteiger partial charge in [-0.3, -0.25) is 4.68 Å². The number of aryl methyl sites for hydroxylation is 1. The molecule has 0 spiro atoms. The molecule has 2 aromatic rings. The van der Waals surface area contributed by atoms with Gasteiger partial charge in [0.25, 0.3) is 0 Å². The summed E-state index contributed by atoms with van der Waals surface area (Å²) in [5.41, 5.74) is 1.58. The Bertz CT molecular complexity index is 563. The van der Waals surface area contributed by atoms with E-state index in [0.29, 0.717) is 12.1 Å². The number of carboxylic acid groups (broad SMARTS) is 1. The van der Waals surface area contributed by atoms with E-state index in [1.807, 2.05) is 0 Å². The summed E-state index contributed by atoms with van der Waals surface area (Å²) in [5.74, 6) is -1.26. The summed E-state index contributed by atoms with van der Waals surface area (Å²) < 4.78 is 14.6. The van der Waals surface area contributed by atoms with Gasteiger partial charge in [0.05, 0.1) is 18.3 Å². The molecule has 1 N–H and O–H groups in total. The predicted molar refractivity (Wildman–Crippen MR) is 59.4 cm³/mol. The van der Waals surface area contributed by atoms with Gasteiger partial charge in [-0.15, -0.1) is 0 Å². The molecule has 0 saturated carbocycles. The van der Waals surface area contributed by atoms with Crippen LogP contribution in [0.1, 0.15) is 21.5 Å². The Morgan fingerprint density at radius 1 is 1.53 bits per heavy atom. The average molecular weight is 234 g/mol. The Balaban J connectivity index is 2.19. The molecule has 0 bridgehead atoms. The van der Waals surface area contributed by atoms with Crippen molar-refractivity contribution >= 4 is 5.97 Å². The quantitative estimate of drug-likeness (QED) is 0.884. The van der Waals surface area contributed by atoms with E-state index >= 15 is 0 Å². The number of halogens is 1. The smallest absolute Gasteiger partial charge is 0.338 e. The zero-order valence-electron chi connectivity index (χ0n) is 9.22. The van der Waals surface area contributed by atoms with Gasteiger partial charge >= 0.3 is 5.97 Å². The number of benzene rings is 1. The fraction of sp³-hybridized carbons (Fsp3) is 0.167. The molecule has 0 unspecified atom stereocenters. The van der Waals surface area contributed by atoms with Crippen molar-refractivity contribution in [2.24, 2.45) is 0 Å². The minimum atomic E-state index is -1.01. The first-order valence-electron chi connectivity index (χ1n) is 5.07. The van der Waals surface area contributed by atoms with E-state index in [1.54, 1.807) is 19.1 Å². The molecule has 4 nitrogen and oxygen atoms in total. The third kappa shape index (κ3) is 2.50. The molecule has 0 aliphatic heterocycles. The molecule has 0 amide bonds. The summed E-state index contributed by atoms with van der Waals surface area (Å²) in [7, 11) is 0. The van der Waals surface area contributed by atoms with Crippen LogP contribution in [0.15, 0.2) is 30.6 Å². The second-order valence-corrected chi connectivity index (χ2v) is 3.82. The molecule has 0 saturated heterocycles. The summed E-state index contributed by atoms with van der Waals surface area (Å²) in [4.78, 5) is 10.7. The molecule has 17 heavy (non-hydrogen) atoms. The van der Waals surface area contributed by atoms with E-state index in [1.165, 1.54) is 23.1 Å². The minimum absolute atomic E-state index is 0.142. The summed E-state index contributed by atoms with van der Waals surface area (Å²) in [6, 6.07) is 4.77. The van der Waals surface area contributed by atoms with Crippen LogP contribution in [0.4, 0.5) is 4.39 Å². The summed E-state index contributed by atoms with van der Waals surface area (Å²) in [6.45, 7) is 2.11. The van der Waals surface area contributed by atoms with Crippen molar-refractivity contribution in [3.63, 3.8) is 0 Å². The molecule has 1 aromatic heterocycles. The van der Waals surface area contributed by atoms with Crippen LogP contribution in [-0.2, 0) is 6.54 Å². The molecular formula is C12H11FN2O2. The first kappa shape index (κ1) is 11.3. The van der Waals surface area contributed by atoms with Crippen molar-refractivity contribution in [2.45, 2.75) is 13.5 Å². The molecule has 0 aliphatic carbocycles. The molecule has 0 radical (unpaired) electrons. The molecule has 0 fully saturated rings. The van der Waals surface area contributed by atoms with Gasteiger partial charge in [-0.05, 0) is 24.1 Å². The van der Waals surface area contributed by atoms with E-state index in [4.69, 9.17) is 5.11 Å². The summed E-state index contributed by atoms with van der Waals surface area (Å²) >= 11 is 0. The predicted octanol–water partition coefficient (Wildman–Crippen LogP) is 2.08. The van der Waals surface area contributed by atoms with E-state index in [0.717, 1.165) is 5.56 Å². The van der Waals surface area contributed by atoms with Crippen LogP contribution >= 0.6 is 0 Å². The van der Waals surface area contributed by atoms with Gasteiger partial charge in [0.2, 0.25) is 0 Å². The van der Waals surface area contributed by atoms with Crippen molar-refractivity contribution in [3.05, 3.63) is 53.1 Å². The molecule has 5 heteroatoms. The third-order valence-corrected chi connectivity index (χ3v) is 2.45. The highest BCUT2D eigenvalue weighted by molar-refractivity contribution is 5.86. The maximum atomic E-state index is 13.0. The van der Waals surface area contributed by atoms with Crippen LogP contribution in [-0.4, -0.2) is 20.9 Å². The number of rotatable bonds is 3. The van der Waals surface area contributed by atoms with E-state index in [-0.39, 0.29) is 11.4 Å². The molecule has 1 aromatic carbocycles. The van der Waals surface area contributed by atoms with Crippen LogP contribution in [0.5, 0.6) is 0 Å². The molecule has 0 atom stereocenters. The lowest BCUT2D eigenvalue weighted by atomic mass is 10.1. The lowest BCUT2D eigenvalue weighted by Gasteiger charge is -2.03. The molecule has 1 heterocycles. The van der Waals surface area contributed by atoms with Crippen LogP contribution < -0.4 is 0 Å². The summed E-state index contributed by atoms with van der Waals surface area (Å²) in [6.07, 6.45) is 2.74. The number of nitrogens with zero attached hydrogens (tertiary/aromatic N) is 2. The first-order valence-corrected chi connectivity index (χ1v) is 5.07. The number of aromatic nitrogens is 2. The molecular weight excluding hydrogens is 223 g/mol. The van der Waals surface area contributed by atoms with Gasteiger partial charge < -0.3 is 5.11 Å². The Morgan fingerprint density at radius 3 is 2.88 bits per heavy atom. The third-order valence-electron chi connectivity index (χ3n) is 2.45. The van der Waals surface area contributed by atoms with Crippen LogP contribution in [0.2, 0.25) is 0 Å². The Morgan fingerprint density at radius 2 is 2.29 bits per heavy atom. The second kappa shape index (κ2) is 4.37. The molecule has 88 valence electrons. The Labute approximate surface area is 97.3 Å². The molecule has 0 aliphatic rings. The Kier molecular flexibility index (Phi) is 2.91. The van der Waals surface area contributed by atoms with Gasteiger partial charge in [-0.1, -0.05) is 12.1 Å². The highest BCUT2D eigenvalue weighted by atomic mass is 19.1. The average Bonchev–Trinajstić information content (AvgIpc) is 2.72. The van der Waals surface area contributed by atoms with Crippen LogP contribution in [0, 0.1) is 12.7 Å². The van der Waals surface area contributed by atoms with Crippen molar-refractivity contribution < 1.29 is 14.3 Å². The first-order chi connectivity index (χ1) is 8.06. The van der Waals surface area contributed by atoms with Gasteiger partial charge in [-0.25, -0.2) is 9.18 Å². The number of hydrogen-bond acceptors (Lipinski definition) is 2. The zero-order chi connectivity index (χ0) is 12.4. The SMILES string of the molecule is Cc1cc(Cn2cc(C(=O)O)cn2)ccc1F. The fourth-order valence-corrected chi connectivity index (χ4v) is 1.55. The number of hydrogen-bond donors (Lipinski definition) is 1. The maximum absolute atomic E-state index is 13.0. The highest BCUT2D eigenvalue weighted by Crippen LogP contribution is 2.10. The monoisotopic (exact) mass is 234 g/mol. The van der Waals surface area contributed by atoms with Crippen LogP contribution in [0.3, 0.4) is 0 Å². The standard InChI is InChI=1S/C12H11FN2O2/c1-8-4-9(2-3-11(8)13)6-15-7-10(5-14-15)12(16)17/h2-5,7H,6H2,1H3,(H,16,17). The topological polar surface area (TPSA) is 55.1 Å². The zero-order valence-corrected chi connectivity index (χ0v) is 9.22. The number of carbonyl (C=O) groups is 1. The van der Waals surface area contributed by atoms with Gasteiger partial charge in [0.1, 0.15) is 5.82 Å². The highest BCUT2D eigenvalue weighted by Gasteiger charge is 2.06. The largest absolute Gasteiger partial charge is 0.478 e. The van der Waals surface area contributed by atoms with E-state index < -0.39 is 5.97 Å². The van der Waals surface area contributed by atoms with Crippen molar-refractivity contribution in [1.82, 2.24) is 9.78 Å². The maximum Gasteiger partial charge on any atom is 0.338 e. The van der Waals surface area contributed by atoms with Gasteiger partial charge in [-0.2, -0.15) is 5.10 Å². The Hall–Kier alpha value is -2.17. The number of aromatic carboxylic acids is 1. The second-order valence-electron chi connectivity index (χ2n) is 3.82. The lowest BCUT2D eigenvalue weighted by Crippen LogP contribution is -2.01. The van der Waals surface area contributed by atoms with Crippen molar-refractivity contribution in [3.8, 4) is 0 Å².